The van der Waals surface area contributed by atoms with Crippen LogP contribution in [-0.2, 0) is 4.79 Å². The zero-order valence-corrected chi connectivity index (χ0v) is 11.4. The molecule has 1 fully saturated rings. The summed E-state index contributed by atoms with van der Waals surface area (Å²) in [6.45, 7) is 1.54. The second kappa shape index (κ2) is 5.48. The normalized spacial score (nSPS) is 16.9. The first-order valence-corrected chi connectivity index (χ1v) is 6.65. The van der Waals surface area contributed by atoms with Crippen molar-refractivity contribution >= 4 is 17.7 Å². The van der Waals surface area contributed by atoms with Gasteiger partial charge >= 0.3 is 5.97 Å². The maximum absolute atomic E-state index is 12.0. The maximum atomic E-state index is 12.0. The van der Waals surface area contributed by atoms with Gasteiger partial charge < -0.3 is 15.4 Å². The van der Waals surface area contributed by atoms with Crippen LogP contribution in [-0.4, -0.2) is 34.3 Å². The summed E-state index contributed by atoms with van der Waals surface area (Å²) in [4.78, 5) is 37.2. The number of nitrogens with one attached hydrogen (secondary N) is 2. The molecule has 6 heteroatoms. The summed E-state index contributed by atoms with van der Waals surface area (Å²) in [6, 6.07) is 1.47. The minimum atomic E-state index is -0.855. The van der Waals surface area contributed by atoms with Crippen molar-refractivity contribution in [2.75, 3.05) is 6.54 Å². The van der Waals surface area contributed by atoms with Crippen molar-refractivity contribution in [1.29, 1.82) is 0 Å². The third-order valence-corrected chi connectivity index (χ3v) is 3.94. The topological polar surface area (TPSA) is 99.3 Å². The molecule has 0 radical (unpaired) electrons. The van der Waals surface area contributed by atoms with Gasteiger partial charge in [0.2, 0.25) is 0 Å². The summed E-state index contributed by atoms with van der Waals surface area (Å²) >= 11 is 0. The van der Waals surface area contributed by atoms with Crippen molar-refractivity contribution in [1.82, 2.24) is 10.3 Å². The molecule has 1 amide bonds. The lowest BCUT2D eigenvalue weighted by Gasteiger charge is -2.23. The second-order valence-electron chi connectivity index (χ2n) is 5.33. The number of carbonyl (C=O) groups excluding carboxylic acids is 2. The molecule has 0 aromatic carbocycles. The van der Waals surface area contributed by atoms with Gasteiger partial charge in [-0.05, 0) is 25.8 Å². The molecule has 0 saturated heterocycles. The van der Waals surface area contributed by atoms with Crippen molar-refractivity contribution in [3.63, 3.8) is 0 Å². The molecule has 3 N–H and O–H groups in total. The van der Waals surface area contributed by atoms with E-state index in [0.717, 1.165) is 12.8 Å². The maximum Gasteiger partial charge on any atom is 0.311 e. The fraction of sp³-hybridized carbons (Fsp3) is 0.500. The van der Waals surface area contributed by atoms with Crippen molar-refractivity contribution in [3.8, 4) is 0 Å². The molecule has 0 aliphatic heterocycles. The summed E-state index contributed by atoms with van der Waals surface area (Å²) in [5.74, 6) is -1.37. The quantitative estimate of drug-likeness (QED) is 0.712. The predicted molar refractivity (Wildman–Crippen MR) is 71.7 cm³/mol. The molecule has 6 nitrogen and oxygen atoms in total. The highest BCUT2D eigenvalue weighted by atomic mass is 16.4. The van der Waals surface area contributed by atoms with Crippen LogP contribution >= 0.6 is 0 Å². The fourth-order valence-corrected chi connectivity index (χ4v) is 2.59. The highest BCUT2D eigenvalue weighted by molar-refractivity contribution is 5.99. The van der Waals surface area contributed by atoms with Crippen LogP contribution in [0.25, 0.3) is 0 Å². The molecule has 1 aliphatic rings. The number of ketones is 1. The number of hydrogen-bond donors (Lipinski definition) is 3. The lowest BCUT2D eigenvalue weighted by Crippen LogP contribution is -2.41. The molecule has 1 saturated carbocycles. The van der Waals surface area contributed by atoms with Gasteiger partial charge in [-0.1, -0.05) is 12.8 Å². The molecule has 20 heavy (non-hydrogen) atoms. The smallest absolute Gasteiger partial charge is 0.311 e. The largest absolute Gasteiger partial charge is 0.481 e. The second-order valence-corrected chi connectivity index (χ2v) is 5.33. The zero-order chi connectivity index (χ0) is 14.8. The van der Waals surface area contributed by atoms with E-state index < -0.39 is 11.4 Å². The number of hydrogen-bond acceptors (Lipinski definition) is 3. The van der Waals surface area contributed by atoms with Crippen LogP contribution in [0.4, 0.5) is 0 Å². The summed E-state index contributed by atoms with van der Waals surface area (Å²) < 4.78 is 0. The Bertz CT molecular complexity index is 541. The number of aromatic amines is 1. The van der Waals surface area contributed by atoms with E-state index in [-0.39, 0.29) is 23.9 Å². The zero-order valence-electron chi connectivity index (χ0n) is 11.4. The van der Waals surface area contributed by atoms with Crippen LogP contribution in [0, 0.1) is 5.41 Å². The first-order chi connectivity index (χ1) is 9.44. The summed E-state index contributed by atoms with van der Waals surface area (Å²) in [5.41, 5.74) is -0.135. The van der Waals surface area contributed by atoms with Gasteiger partial charge in [-0.25, -0.2) is 0 Å². The Balaban J connectivity index is 2.00. The molecule has 2 rings (SSSR count). The number of aromatic nitrogens is 1. The molecule has 1 aliphatic carbocycles. The average molecular weight is 278 g/mol. The number of aliphatic carboxylic acids is 1. The number of carboxylic acids is 1. The highest BCUT2D eigenvalue weighted by Gasteiger charge is 2.41. The molecule has 0 spiro atoms. The van der Waals surface area contributed by atoms with E-state index in [1.54, 1.807) is 0 Å². The van der Waals surface area contributed by atoms with Crippen LogP contribution < -0.4 is 5.32 Å². The van der Waals surface area contributed by atoms with Crippen LogP contribution in [0.2, 0.25) is 0 Å². The van der Waals surface area contributed by atoms with Gasteiger partial charge in [-0.15, -0.1) is 0 Å². The average Bonchev–Trinajstić information content (AvgIpc) is 3.06. The lowest BCUT2D eigenvalue weighted by atomic mass is 9.86. The Morgan fingerprint density at radius 3 is 2.50 bits per heavy atom. The van der Waals surface area contributed by atoms with Crippen LogP contribution in [0.1, 0.15) is 53.5 Å². The van der Waals surface area contributed by atoms with Gasteiger partial charge in [0.1, 0.15) is 5.69 Å². The van der Waals surface area contributed by atoms with Gasteiger partial charge in [-0.3, -0.25) is 14.4 Å². The molecular formula is C14H18N2O4. The van der Waals surface area contributed by atoms with E-state index in [1.165, 1.54) is 19.2 Å². The lowest BCUT2D eigenvalue weighted by molar-refractivity contribution is -0.148. The van der Waals surface area contributed by atoms with Crippen LogP contribution in [0.3, 0.4) is 0 Å². The molecule has 1 aromatic rings. The van der Waals surface area contributed by atoms with Crippen molar-refractivity contribution in [3.05, 3.63) is 23.5 Å². The number of Topliss-reactive ketones (excluding diaryl/α,β-unsaturated/α-hetero) is 1. The number of carboxylic acid groups (broad SMARTS) is 1. The van der Waals surface area contributed by atoms with E-state index in [2.05, 4.69) is 10.3 Å². The third-order valence-electron chi connectivity index (χ3n) is 3.94. The Hall–Kier alpha value is -2.11. The third kappa shape index (κ3) is 2.74. The standard InChI is InChI=1S/C14H18N2O4/c1-9(17)10-6-11(15-7-10)12(18)16-8-14(13(19)20)4-2-3-5-14/h6-7,15H,2-5,8H2,1H3,(H,16,18)(H,19,20). The van der Waals surface area contributed by atoms with Crippen molar-refractivity contribution < 1.29 is 19.5 Å². The predicted octanol–water partition coefficient (Wildman–Crippen LogP) is 1.59. The van der Waals surface area contributed by atoms with E-state index in [1.807, 2.05) is 0 Å². The minimum absolute atomic E-state index is 0.121. The molecule has 0 bridgehead atoms. The highest BCUT2D eigenvalue weighted by Crippen LogP contribution is 2.37. The summed E-state index contributed by atoms with van der Waals surface area (Å²) in [6.07, 6.45) is 4.40. The molecule has 1 heterocycles. The van der Waals surface area contributed by atoms with Gasteiger partial charge in [0.15, 0.2) is 5.78 Å². The number of carbonyl (C=O) groups is 3. The molecule has 108 valence electrons. The minimum Gasteiger partial charge on any atom is -0.481 e. The van der Waals surface area contributed by atoms with Crippen LogP contribution in [0.5, 0.6) is 0 Å². The first-order valence-electron chi connectivity index (χ1n) is 6.65. The van der Waals surface area contributed by atoms with Crippen molar-refractivity contribution in [2.24, 2.45) is 5.41 Å². The number of H-pyrrole nitrogens is 1. The van der Waals surface area contributed by atoms with Crippen LogP contribution in [0.15, 0.2) is 12.3 Å². The Morgan fingerprint density at radius 2 is 2.00 bits per heavy atom. The fourth-order valence-electron chi connectivity index (χ4n) is 2.59. The SMILES string of the molecule is CC(=O)c1c[nH]c(C(=O)NCC2(C(=O)O)CCCC2)c1. The summed E-state index contributed by atoms with van der Waals surface area (Å²) in [7, 11) is 0. The van der Waals surface area contributed by atoms with E-state index in [4.69, 9.17) is 0 Å². The monoisotopic (exact) mass is 278 g/mol. The Kier molecular flexibility index (Phi) is 3.92. The number of rotatable bonds is 5. The molecule has 0 atom stereocenters. The Morgan fingerprint density at radius 1 is 1.35 bits per heavy atom. The van der Waals surface area contributed by atoms with E-state index in [0.29, 0.717) is 18.4 Å². The number of amides is 1. The van der Waals surface area contributed by atoms with Crippen molar-refractivity contribution in [2.45, 2.75) is 32.6 Å². The van der Waals surface area contributed by atoms with E-state index >= 15 is 0 Å². The van der Waals surface area contributed by atoms with Gasteiger partial charge in [-0.2, -0.15) is 0 Å². The molecular weight excluding hydrogens is 260 g/mol. The van der Waals surface area contributed by atoms with E-state index in [9.17, 15) is 19.5 Å². The molecule has 1 aromatic heterocycles. The summed E-state index contributed by atoms with van der Waals surface area (Å²) in [5, 5.41) is 12.0. The van der Waals surface area contributed by atoms with Gasteiger partial charge in [0, 0.05) is 18.3 Å². The first kappa shape index (κ1) is 14.3. The van der Waals surface area contributed by atoms with Gasteiger partial charge in [0.25, 0.3) is 5.91 Å². The molecule has 0 unspecified atom stereocenters. The Labute approximate surface area is 116 Å². The van der Waals surface area contributed by atoms with Gasteiger partial charge in [0.05, 0.1) is 5.41 Å².